The second-order valence-electron chi connectivity index (χ2n) is 4.54. The lowest BCUT2D eigenvalue weighted by molar-refractivity contribution is 0.535. The van der Waals surface area contributed by atoms with Gasteiger partial charge in [0.15, 0.2) is 0 Å². The SMILES string of the molecule is CCNCc1cc(F)c(Sc2ccccc2C)c(F)c1. The molecule has 0 aliphatic heterocycles. The Hall–Kier alpha value is -1.39. The molecule has 0 fully saturated rings. The van der Waals surface area contributed by atoms with Crippen molar-refractivity contribution in [3.8, 4) is 0 Å². The summed E-state index contributed by atoms with van der Waals surface area (Å²) in [5, 5.41) is 3.06. The van der Waals surface area contributed by atoms with Gasteiger partial charge in [0.05, 0.1) is 4.90 Å². The third kappa shape index (κ3) is 3.58. The van der Waals surface area contributed by atoms with E-state index in [2.05, 4.69) is 5.32 Å². The van der Waals surface area contributed by atoms with Crippen molar-refractivity contribution in [3.63, 3.8) is 0 Å². The van der Waals surface area contributed by atoms with E-state index in [1.807, 2.05) is 38.1 Å². The molecule has 2 aromatic rings. The molecule has 0 amide bonds. The molecule has 0 heterocycles. The minimum atomic E-state index is -0.508. The standard InChI is InChI=1S/C16H17F2NS/c1-3-19-10-12-8-13(17)16(14(18)9-12)20-15-7-5-4-6-11(15)2/h4-9,19H,3,10H2,1-2H3. The largest absolute Gasteiger partial charge is 0.313 e. The molecule has 0 aromatic heterocycles. The Morgan fingerprint density at radius 1 is 1.10 bits per heavy atom. The molecule has 0 saturated carbocycles. The van der Waals surface area contributed by atoms with Crippen LogP contribution in [0.3, 0.4) is 0 Å². The van der Waals surface area contributed by atoms with E-state index >= 15 is 0 Å². The average Bonchev–Trinajstić information content (AvgIpc) is 2.42. The highest BCUT2D eigenvalue weighted by Crippen LogP contribution is 2.34. The van der Waals surface area contributed by atoms with Crippen molar-refractivity contribution in [3.05, 3.63) is 59.2 Å². The zero-order valence-corrected chi connectivity index (χ0v) is 12.4. The first-order chi connectivity index (χ1) is 9.61. The summed E-state index contributed by atoms with van der Waals surface area (Å²) >= 11 is 1.13. The minimum absolute atomic E-state index is 0.0551. The fraction of sp³-hybridized carbons (Fsp3) is 0.250. The van der Waals surface area contributed by atoms with Crippen LogP contribution in [-0.2, 0) is 6.54 Å². The van der Waals surface area contributed by atoms with E-state index in [9.17, 15) is 8.78 Å². The number of hydrogen-bond donors (Lipinski definition) is 1. The molecule has 0 bridgehead atoms. The van der Waals surface area contributed by atoms with Crippen LogP contribution >= 0.6 is 11.8 Å². The van der Waals surface area contributed by atoms with Crippen LogP contribution in [0, 0.1) is 18.6 Å². The maximum Gasteiger partial charge on any atom is 0.140 e. The van der Waals surface area contributed by atoms with Gasteiger partial charge in [0.1, 0.15) is 11.6 Å². The van der Waals surface area contributed by atoms with Crippen LogP contribution in [0.25, 0.3) is 0 Å². The molecule has 0 radical (unpaired) electrons. The summed E-state index contributed by atoms with van der Waals surface area (Å²) in [4.78, 5) is 0.921. The second-order valence-corrected chi connectivity index (χ2v) is 5.59. The van der Waals surface area contributed by atoms with Crippen molar-refractivity contribution in [2.45, 2.75) is 30.2 Å². The van der Waals surface area contributed by atoms with Gasteiger partial charge >= 0.3 is 0 Å². The number of aryl methyl sites for hydroxylation is 1. The van der Waals surface area contributed by atoms with E-state index in [0.717, 1.165) is 28.8 Å². The van der Waals surface area contributed by atoms with E-state index in [-0.39, 0.29) is 4.90 Å². The molecule has 4 heteroatoms. The minimum Gasteiger partial charge on any atom is -0.313 e. The molecule has 2 aromatic carbocycles. The molecule has 0 atom stereocenters. The molecular weight excluding hydrogens is 276 g/mol. The van der Waals surface area contributed by atoms with Gasteiger partial charge < -0.3 is 5.32 Å². The maximum atomic E-state index is 14.1. The predicted octanol–water partition coefficient (Wildman–Crippen LogP) is 4.53. The molecule has 20 heavy (non-hydrogen) atoms. The van der Waals surface area contributed by atoms with Gasteiger partial charge in [-0.25, -0.2) is 8.78 Å². The second kappa shape index (κ2) is 6.86. The van der Waals surface area contributed by atoms with Crippen LogP contribution in [0.2, 0.25) is 0 Å². The lowest BCUT2D eigenvalue weighted by Gasteiger charge is -2.10. The Labute approximate surface area is 122 Å². The molecule has 2 rings (SSSR count). The Morgan fingerprint density at radius 2 is 1.75 bits per heavy atom. The third-order valence-corrected chi connectivity index (χ3v) is 4.21. The highest BCUT2D eigenvalue weighted by atomic mass is 32.2. The first kappa shape index (κ1) is 15.0. The fourth-order valence-electron chi connectivity index (χ4n) is 1.86. The summed E-state index contributed by atoms with van der Waals surface area (Å²) < 4.78 is 28.1. The number of rotatable bonds is 5. The van der Waals surface area contributed by atoms with Crippen LogP contribution in [0.5, 0.6) is 0 Å². The third-order valence-electron chi connectivity index (χ3n) is 2.94. The summed E-state index contributed by atoms with van der Waals surface area (Å²) in [6.07, 6.45) is 0. The zero-order valence-electron chi connectivity index (χ0n) is 11.5. The monoisotopic (exact) mass is 293 g/mol. The van der Waals surface area contributed by atoms with Crippen LogP contribution in [0.1, 0.15) is 18.1 Å². The lowest BCUT2D eigenvalue weighted by atomic mass is 10.2. The van der Waals surface area contributed by atoms with Crippen molar-refractivity contribution < 1.29 is 8.78 Å². The topological polar surface area (TPSA) is 12.0 Å². The summed E-state index contributed by atoms with van der Waals surface area (Å²) in [5.41, 5.74) is 1.63. The molecule has 1 nitrogen and oxygen atoms in total. The van der Waals surface area contributed by atoms with Crippen molar-refractivity contribution >= 4 is 11.8 Å². The first-order valence-corrected chi connectivity index (χ1v) is 7.35. The van der Waals surface area contributed by atoms with Crippen molar-refractivity contribution in [2.24, 2.45) is 0 Å². The van der Waals surface area contributed by atoms with Gasteiger partial charge in [0.25, 0.3) is 0 Å². The fourth-order valence-corrected chi connectivity index (χ4v) is 2.77. The van der Waals surface area contributed by atoms with Gasteiger partial charge in [0, 0.05) is 11.4 Å². The molecular formula is C16H17F2NS. The van der Waals surface area contributed by atoms with Gasteiger partial charge in [-0.15, -0.1) is 0 Å². The van der Waals surface area contributed by atoms with Gasteiger partial charge in [-0.3, -0.25) is 0 Å². The molecule has 0 spiro atoms. The lowest BCUT2D eigenvalue weighted by Crippen LogP contribution is -2.12. The molecule has 106 valence electrons. The van der Waals surface area contributed by atoms with Gasteiger partial charge in [-0.1, -0.05) is 36.9 Å². The summed E-state index contributed by atoms with van der Waals surface area (Å²) in [7, 11) is 0. The maximum absolute atomic E-state index is 14.1. The highest BCUT2D eigenvalue weighted by molar-refractivity contribution is 7.99. The average molecular weight is 293 g/mol. The van der Waals surface area contributed by atoms with E-state index in [4.69, 9.17) is 0 Å². The van der Waals surface area contributed by atoms with E-state index < -0.39 is 11.6 Å². The predicted molar refractivity (Wildman–Crippen MR) is 79.0 cm³/mol. The normalized spacial score (nSPS) is 10.8. The number of benzene rings is 2. The summed E-state index contributed by atoms with van der Waals surface area (Å²) in [5.74, 6) is -1.02. The van der Waals surface area contributed by atoms with Crippen molar-refractivity contribution in [1.29, 1.82) is 0 Å². The van der Waals surface area contributed by atoms with E-state index in [1.165, 1.54) is 12.1 Å². The smallest absolute Gasteiger partial charge is 0.140 e. The first-order valence-electron chi connectivity index (χ1n) is 6.54. The van der Waals surface area contributed by atoms with Crippen LogP contribution in [0.4, 0.5) is 8.78 Å². The molecule has 0 saturated heterocycles. The van der Waals surface area contributed by atoms with Gasteiger partial charge in [-0.05, 0) is 42.8 Å². The van der Waals surface area contributed by atoms with Crippen LogP contribution < -0.4 is 5.32 Å². The molecule has 1 N–H and O–H groups in total. The van der Waals surface area contributed by atoms with Crippen molar-refractivity contribution in [1.82, 2.24) is 5.32 Å². The van der Waals surface area contributed by atoms with Gasteiger partial charge in [-0.2, -0.15) is 0 Å². The molecule has 0 unspecified atom stereocenters. The van der Waals surface area contributed by atoms with Crippen LogP contribution in [-0.4, -0.2) is 6.54 Å². The Balaban J connectivity index is 2.27. The van der Waals surface area contributed by atoms with Gasteiger partial charge in [0.2, 0.25) is 0 Å². The quantitative estimate of drug-likeness (QED) is 0.869. The Morgan fingerprint density at radius 3 is 2.35 bits per heavy atom. The number of halogens is 2. The van der Waals surface area contributed by atoms with Crippen molar-refractivity contribution in [2.75, 3.05) is 6.54 Å². The van der Waals surface area contributed by atoms with Crippen LogP contribution in [0.15, 0.2) is 46.2 Å². The Kier molecular flexibility index (Phi) is 5.15. The molecule has 0 aliphatic rings. The van der Waals surface area contributed by atoms with E-state index in [1.54, 1.807) is 0 Å². The zero-order chi connectivity index (χ0) is 14.5. The number of nitrogens with one attached hydrogen (secondary N) is 1. The summed E-state index contributed by atoms with van der Waals surface area (Å²) in [6.45, 7) is 5.12. The molecule has 0 aliphatic carbocycles. The summed E-state index contributed by atoms with van der Waals surface area (Å²) in [6, 6.07) is 10.4. The number of hydrogen-bond acceptors (Lipinski definition) is 2. The highest BCUT2D eigenvalue weighted by Gasteiger charge is 2.13. The van der Waals surface area contributed by atoms with E-state index in [0.29, 0.717) is 12.1 Å². The Bertz CT molecular complexity index is 576.